The molecule has 4 aromatic rings. The number of halogens is 1. The number of aromatic nitrogens is 2. The summed E-state index contributed by atoms with van der Waals surface area (Å²) in [7, 11) is 1.73. The molecule has 0 bridgehead atoms. The molecule has 166 valence electrons. The monoisotopic (exact) mass is 461 g/mol. The summed E-state index contributed by atoms with van der Waals surface area (Å²) in [6.45, 7) is 0.0497. The lowest BCUT2D eigenvalue weighted by Gasteiger charge is -2.11. The van der Waals surface area contributed by atoms with Crippen LogP contribution >= 0.6 is 11.6 Å². The third-order valence-electron chi connectivity index (χ3n) is 5.14. The van der Waals surface area contributed by atoms with E-state index in [0.29, 0.717) is 16.4 Å². The fourth-order valence-electron chi connectivity index (χ4n) is 3.34. The average Bonchev–Trinajstić information content (AvgIpc) is 3.18. The van der Waals surface area contributed by atoms with Crippen LogP contribution in [0.1, 0.15) is 15.9 Å². The fraction of sp³-hybridized carbons (Fsp3) is 0.0800. The zero-order valence-corrected chi connectivity index (χ0v) is 18.4. The highest BCUT2D eigenvalue weighted by atomic mass is 35.5. The van der Waals surface area contributed by atoms with Gasteiger partial charge >= 0.3 is 12.1 Å². The molecule has 0 spiro atoms. The van der Waals surface area contributed by atoms with E-state index in [0.717, 1.165) is 22.3 Å². The van der Waals surface area contributed by atoms with Crippen LogP contribution in [0.3, 0.4) is 0 Å². The summed E-state index contributed by atoms with van der Waals surface area (Å²) in [4.78, 5) is 23.4. The van der Waals surface area contributed by atoms with E-state index in [1.54, 1.807) is 54.3 Å². The Morgan fingerprint density at radius 1 is 0.970 bits per heavy atom. The van der Waals surface area contributed by atoms with Crippen molar-refractivity contribution in [2.75, 3.05) is 5.32 Å². The van der Waals surface area contributed by atoms with E-state index in [2.05, 4.69) is 10.4 Å². The summed E-state index contributed by atoms with van der Waals surface area (Å²) in [5.74, 6) is -0.461. The summed E-state index contributed by atoms with van der Waals surface area (Å²) in [6.07, 6.45) is 1.05. The molecule has 4 rings (SSSR count). The van der Waals surface area contributed by atoms with Gasteiger partial charge in [0.05, 0.1) is 11.8 Å². The van der Waals surface area contributed by atoms with Gasteiger partial charge in [0.25, 0.3) is 0 Å². The molecule has 1 amide bonds. The van der Waals surface area contributed by atoms with E-state index < -0.39 is 12.1 Å². The Morgan fingerprint density at radius 3 is 2.21 bits per heavy atom. The number of hydrogen-bond donors (Lipinski definition) is 2. The Morgan fingerprint density at radius 2 is 1.58 bits per heavy atom. The highest BCUT2D eigenvalue weighted by Crippen LogP contribution is 2.30. The number of carbonyl (C=O) groups excluding carboxylic acids is 1. The van der Waals surface area contributed by atoms with Crippen molar-refractivity contribution in [3.05, 3.63) is 95.1 Å². The fourth-order valence-corrected chi connectivity index (χ4v) is 3.53. The molecule has 0 saturated heterocycles. The first-order chi connectivity index (χ1) is 15.9. The summed E-state index contributed by atoms with van der Waals surface area (Å²) in [6, 6.07) is 21.5. The molecule has 0 unspecified atom stereocenters. The van der Waals surface area contributed by atoms with Gasteiger partial charge in [0.15, 0.2) is 0 Å². The summed E-state index contributed by atoms with van der Waals surface area (Å²) < 4.78 is 6.87. The van der Waals surface area contributed by atoms with Gasteiger partial charge in [0, 0.05) is 23.2 Å². The van der Waals surface area contributed by atoms with Crippen molar-refractivity contribution in [3.8, 4) is 22.3 Å². The van der Waals surface area contributed by atoms with Crippen LogP contribution in [0.15, 0.2) is 79.0 Å². The van der Waals surface area contributed by atoms with Crippen LogP contribution in [0.5, 0.6) is 0 Å². The van der Waals surface area contributed by atoms with Crippen molar-refractivity contribution >= 4 is 29.5 Å². The molecule has 0 aliphatic rings. The molecule has 2 N–H and O–H groups in total. The highest BCUT2D eigenvalue weighted by Gasteiger charge is 2.15. The molecule has 0 aliphatic heterocycles. The predicted octanol–water partition coefficient (Wildman–Crippen LogP) is 5.85. The largest absolute Gasteiger partial charge is 0.478 e. The van der Waals surface area contributed by atoms with Crippen molar-refractivity contribution in [1.29, 1.82) is 0 Å². The SMILES string of the molecule is Cn1ncc(-c2ccc(-c3ccc(C(=O)O)cc3)cc2)c1NC(=O)OCc1ccccc1Cl. The molecule has 3 aromatic carbocycles. The molecular weight excluding hydrogens is 442 g/mol. The molecule has 7 nitrogen and oxygen atoms in total. The lowest BCUT2D eigenvalue weighted by Crippen LogP contribution is -2.16. The molecule has 0 aliphatic carbocycles. The molecule has 8 heteroatoms. The van der Waals surface area contributed by atoms with E-state index in [-0.39, 0.29) is 12.2 Å². The maximum atomic E-state index is 12.4. The Bertz CT molecular complexity index is 1300. The molecule has 1 aromatic heterocycles. The van der Waals surface area contributed by atoms with Gasteiger partial charge in [-0.1, -0.05) is 66.2 Å². The minimum Gasteiger partial charge on any atom is -0.478 e. The third-order valence-corrected chi connectivity index (χ3v) is 5.51. The van der Waals surface area contributed by atoms with Gasteiger partial charge in [-0.15, -0.1) is 0 Å². The van der Waals surface area contributed by atoms with Gasteiger partial charge in [-0.25, -0.2) is 9.59 Å². The number of rotatable bonds is 6. The quantitative estimate of drug-likeness (QED) is 0.375. The second-order valence-corrected chi connectivity index (χ2v) is 7.69. The Kier molecular flexibility index (Phi) is 6.42. The Balaban J connectivity index is 1.48. The Hall–Kier alpha value is -4.10. The van der Waals surface area contributed by atoms with Crippen LogP contribution in [-0.2, 0) is 18.4 Å². The lowest BCUT2D eigenvalue weighted by molar-refractivity contribution is 0.0697. The highest BCUT2D eigenvalue weighted by molar-refractivity contribution is 6.31. The van der Waals surface area contributed by atoms with Crippen molar-refractivity contribution in [3.63, 3.8) is 0 Å². The maximum absolute atomic E-state index is 12.4. The first-order valence-electron chi connectivity index (χ1n) is 10.1. The van der Waals surface area contributed by atoms with Gasteiger partial charge in [0.1, 0.15) is 12.4 Å². The topological polar surface area (TPSA) is 93.5 Å². The number of aromatic carboxylic acids is 1. The summed E-state index contributed by atoms with van der Waals surface area (Å²) in [5, 5.41) is 16.6. The van der Waals surface area contributed by atoms with Gasteiger partial charge in [-0.2, -0.15) is 5.10 Å². The van der Waals surface area contributed by atoms with Crippen LogP contribution in [0.4, 0.5) is 10.6 Å². The van der Waals surface area contributed by atoms with Crippen molar-refractivity contribution in [2.45, 2.75) is 6.61 Å². The molecular formula is C25H20ClN3O4. The van der Waals surface area contributed by atoms with Crippen LogP contribution in [-0.4, -0.2) is 26.9 Å². The average molecular weight is 462 g/mol. The smallest absolute Gasteiger partial charge is 0.413 e. The molecule has 0 fully saturated rings. The number of amides is 1. The number of anilines is 1. The van der Waals surface area contributed by atoms with Crippen molar-refractivity contribution < 1.29 is 19.4 Å². The number of aryl methyl sites for hydroxylation is 1. The number of carbonyl (C=O) groups is 2. The number of ether oxygens (including phenoxy) is 1. The van der Waals surface area contributed by atoms with Crippen molar-refractivity contribution in [1.82, 2.24) is 9.78 Å². The molecule has 0 saturated carbocycles. The van der Waals surface area contributed by atoms with Gasteiger partial charge in [-0.3, -0.25) is 10.00 Å². The van der Waals surface area contributed by atoms with Gasteiger partial charge < -0.3 is 9.84 Å². The van der Waals surface area contributed by atoms with Gasteiger partial charge in [-0.05, 0) is 34.9 Å². The number of nitrogens with zero attached hydrogens (tertiary/aromatic N) is 2. The molecule has 0 radical (unpaired) electrons. The maximum Gasteiger partial charge on any atom is 0.413 e. The molecule has 33 heavy (non-hydrogen) atoms. The van der Waals surface area contributed by atoms with E-state index in [4.69, 9.17) is 21.4 Å². The van der Waals surface area contributed by atoms with Crippen LogP contribution in [0, 0.1) is 0 Å². The molecule has 1 heterocycles. The third kappa shape index (κ3) is 5.05. The van der Waals surface area contributed by atoms with E-state index in [1.165, 1.54) is 0 Å². The van der Waals surface area contributed by atoms with E-state index in [1.807, 2.05) is 36.4 Å². The number of carboxylic acids is 1. The first-order valence-corrected chi connectivity index (χ1v) is 10.4. The van der Waals surface area contributed by atoms with E-state index >= 15 is 0 Å². The normalized spacial score (nSPS) is 10.6. The summed E-state index contributed by atoms with van der Waals surface area (Å²) >= 11 is 6.11. The lowest BCUT2D eigenvalue weighted by atomic mass is 10.0. The first kappa shape index (κ1) is 22.1. The number of hydrogen-bond acceptors (Lipinski definition) is 4. The summed E-state index contributed by atoms with van der Waals surface area (Å²) in [5.41, 5.74) is 4.39. The Labute approximate surface area is 195 Å². The zero-order valence-electron chi connectivity index (χ0n) is 17.7. The predicted molar refractivity (Wildman–Crippen MR) is 126 cm³/mol. The minimum atomic E-state index is -0.959. The van der Waals surface area contributed by atoms with E-state index in [9.17, 15) is 9.59 Å². The van der Waals surface area contributed by atoms with Crippen LogP contribution in [0.2, 0.25) is 5.02 Å². The zero-order chi connectivity index (χ0) is 23.4. The number of nitrogens with one attached hydrogen (secondary N) is 1. The second kappa shape index (κ2) is 9.58. The number of carboxylic acid groups (broad SMARTS) is 1. The number of benzene rings is 3. The second-order valence-electron chi connectivity index (χ2n) is 7.28. The van der Waals surface area contributed by atoms with Crippen LogP contribution < -0.4 is 5.32 Å². The van der Waals surface area contributed by atoms with Crippen molar-refractivity contribution in [2.24, 2.45) is 7.05 Å². The standard InChI is InChI=1S/C25H20ClN3O4/c1-29-23(28-25(32)33-15-20-4-2-3-5-22(20)26)21(14-27-29)18-10-6-16(7-11-18)17-8-12-19(13-9-17)24(30)31/h2-14H,15H2,1H3,(H,28,32)(H,30,31). The van der Waals surface area contributed by atoms with Crippen LogP contribution in [0.25, 0.3) is 22.3 Å². The van der Waals surface area contributed by atoms with Gasteiger partial charge in [0.2, 0.25) is 0 Å². The molecule has 0 atom stereocenters. The minimum absolute atomic E-state index is 0.0497.